The van der Waals surface area contributed by atoms with Crippen molar-refractivity contribution in [1.82, 2.24) is 9.62 Å². The number of hydrogen-bond acceptors (Lipinski definition) is 4. The quantitative estimate of drug-likeness (QED) is 0.673. The average Bonchev–Trinajstić information content (AvgIpc) is 2.38. The van der Waals surface area contributed by atoms with E-state index >= 15 is 0 Å². The van der Waals surface area contributed by atoms with Gasteiger partial charge in [-0.2, -0.15) is 0 Å². The summed E-state index contributed by atoms with van der Waals surface area (Å²) in [5, 5.41) is -0.924. The molecule has 1 saturated heterocycles. The highest BCUT2D eigenvalue weighted by Gasteiger charge is 2.23. The number of sulfonamides is 1. The van der Waals surface area contributed by atoms with E-state index in [4.69, 9.17) is 5.73 Å². The molecule has 0 aromatic rings. The molecule has 1 unspecified atom stereocenters. The molecular weight excluding hydrogens is 286 g/mol. The third-order valence-corrected chi connectivity index (χ3v) is 5.51. The van der Waals surface area contributed by atoms with Gasteiger partial charge in [-0.25, -0.2) is 13.1 Å². The van der Waals surface area contributed by atoms with Crippen molar-refractivity contribution in [2.45, 2.75) is 37.9 Å². The van der Waals surface area contributed by atoms with Gasteiger partial charge in [0.05, 0.1) is 4.99 Å². The maximum Gasteiger partial charge on any atom is 0.223 e. The van der Waals surface area contributed by atoms with Gasteiger partial charge in [-0.05, 0) is 26.2 Å². The van der Waals surface area contributed by atoms with Crippen LogP contribution >= 0.6 is 12.2 Å². The monoisotopic (exact) mass is 307 g/mol. The van der Waals surface area contributed by atoms with E-state index < -0.39 is 15.3 Å². The molecule has 0 bridgehead atoms. The Morgan fingerprint density at radius 2 is 1.95 bits per heavy atom. The predicted molar refractivity (Wildman–Crippen MR) is 78.2 cm³/mol. The van der Waals surface area contributed by atoms with Crippen LogP contribution in [0.3, 0.4) is 0 Å². The van der Waals surface area contributed by atoms with E-state index in [1.807, 2.05) is 0 Å². The number of rotatable bonds is 6. The van der Waals surface area contributed by atoms with E-state index in [0.717, 1.165) is 32.4 Å². The smallest absolute Gasteiger partial charge is 0.223 e. The van der Waals surface area contributed by atoms with Crippen LogP contribution in [0.15, 0.2) is 0 Å². The van der Waals surface area contributed by atoms with Gasteiger partial charge in [-0.1, -0.05) is 12.2 Å². The van der Waals surface area contributed by atoms with Gasteiger partial charge >= 0.3 is 0 Å². The highest BCUT2D eigenvalue weighted by atomic mass is 32.2. The normalized spacial score (nSPS) is 18.1. The average molecular weight is 307 g/mol. The van der Waals surface area contributed by atoms with Crippen molar-refractivity contribution < 1.29 is 13.2 Å². The van der Waals surface area contributed by atoms with E-state index in [2.05, 4.69) is 16.9 Å². The number of nitrogens with one attached hydrogen (secondary N) is 1. The van der Waals surface area contributed by atoms with E-state index in [1.165, 1.54) is 6.92 Å². The van der Waals surface area contributed by atoms with Crippen molar-refractivity contribution in [3.05, 3.63) is 0 Å². The highest BCUT2D eigenvalue weighted by molar-refractivity contribution is 7.93. The van der Waals surface area contributed by atoms with Crippen LogP contribution in [-0.2, 0) is 14.8 Å². The van der Waals surface area contributed by atoms with Crippen molar-refractivity contribution in [2.24, 2.45) is 5.73 Å². The molecule has 6 nitrogen and oxygen atoms in total. The second-order valence-corrected chi connectivity index (χ2v) is 7.23. The van der Waals surface area contributed by atoms with Crippen molar-refractivity contribution in [2.75, 3.05) is 19.6 Å². The van der Waals surface area contributed by atoms with Crippen molar-refractivity contribution in [1.29, 1.82) is 0 Å². The second kappa shape index (κ2) is 7.16. The van der Waals surface area contributed by atoms with Crippen LogP contribution < -0.4 is 10.5 Å². The number of carbonyl (C=O) groups is 1. The Hall–Kier alpha value is -0.730. The van der Waals surface area contributed by atoms with Crippen LogP contribution in [0.1, 0.15) is 32.6 Å². The highest BCUT2D eigenvalue weighted by Crippen LogP contribution is 2.09. The fraction of sp³-hybridized carbons (Fsp3) is 0.818. The molecule has 0 aromatic heterocycles. The molecule has 1 atom stereocenters. The van der Waals surface area contributed by atoms with E-state index in [9.17, 15) is 13.2 Å². The molecule has 0 aliphatic carbocycles. The summed E-state index contributed by atoms with van der Waals surface area (Å²) in [7, 11) is -3.57. The van der Waals surface area contributed by atoms with Gasteiger partial charge in [0.25, 0.3) is 0 Å². The molecule has 110 valence electrons. The van der Waals surface area contributed by atoms with Gasteiger partial charge in [-0.15, -0.1) is 0 Å². The van der Waals surface area contributed by atoms with Crippen LogP contribution in [-0.4, -0.2) is 49.1 Å². The Balaban J connectivity index is 2.37. The van der Waals surface area contributed by atoms with Crippen LogP contribution in [0.5, 0.6) is 0 Å². The number of carbonyl (C=O) groups excluding carboxylic acids is 1. The third kappa shape index (κ3) is 5.04. The van der Waals surface area contributed by atoms with E-state index in [-0.39, 0.29) is 23.9 Å². The first kappa shape index (κ1) is 16.3. The summed E-state index contributed by atoms with van der Waals surface area (Å²) in [6.45, 7) is 3.06. The maximum atomic E-state index is 11.8. The van der Waals surface area contributed by atoms with E-state index in [1.54, 1.807) is 4.90 Å². The lowest BCUT2D eigenvalue weighted by atomic mass is 10.1. The molecule has 0 radical (unpaired) electrons. The third-order valence-electron chi connectivity index (χ3n) is 3.22. The second-order valence-electron chi connectivity index (χ2n) is 4.68. The number of piperidine rings is 1. The molecule has 19 heavy (non-hydrogen) atoms. The maximum absolute atomic E-state index is 11.8. The first-order chi connectivity index (χ1) is 8.84. The molecule has 1 amide bonds. The molecule has 1 fully saturated rings. The summed E-state index contributed by atoms with van der Waals surface area (Å²) in [5.41, 5.74) is 5.31. The van der Waals surface area contributed by atoms with Crippen molar-refractivity contribution >= 4 is 33.1 Å². The van der Waals surface area contributed by atoms with Crippen LogP contribution in [0.25, 0.3) is 0 Å². The number of nitrogens with zero attached hydrogens (tertiary/aromatic N) is 1. The minimum atomic E-state index is -3.57. The van der Waals surface area contributed by atoms with Gasteiger partial charge < -0.3 is 10.6 Å². The van der Waals surface area contributed by atoms with E-state index in [0.29, 0.717) is 0 Å². The topological polar surface area (TPSA) is 92.5 Å². The number of likely N-dealkylation sites (tertiary alicyclic amines) is 1. The SMILES string of the molecule is CC(C(N)=S)S(=O)(=O)NCCC(=O)N1CCCCC1. The molecule has 1 heterocycles. The van der Waals surface area contributed by atoms with Crippen molar-refractivity contribution in [3.8, 4) is 0 Å². The Morgan fingerprint density at radius 3 is 2.47 bits per heavy atom. The van der Waals surface area contributed by atoms with Gasteiger partial charge in [0, 0.05) is 26.1 Å². The standard InChI is InChI=1S/C11H21N3O3S2/c1-9(11(12)18)19(16,17)13-6-5-10(15)14-7-3-2-4-8-14/h9,13H,2-8H2,1H3,(H2,12,18). The zero-order valence-corrected chi connectivity index (χ0v) is 12.7. The molecule has 0 saturated carbocycles. The fourth-order valence-electron chi connectivity index (χ4n) is 1.88. The Kier molecular flexibility index (Phi) is 6.15. The minimum Gasteiger partial charge on any atom is -0.392 e. The summed E-state index contributed by atoms with van der Waals surface area (Å²) >= 11 is 4.65. The molecule has 0 aromatic carbocycles. The lowest BCUT2D eigenvalue weighted by Gasteiger charge is -2.26. The van der Waals surface area contributed by atoms with Crippen LogP contribution in [0, 0.1) is 0 Å². The summed E-state index contributed by atoms with van der Waals surface area (Å²) in [6.07, 6.45) is 3.37. The molecule has 1 rings (SSSR count). The molecule has 0 spiro atoms. The van der Waals surface area contributed by atoms with Gasteiger partial charge in [-0.3, -0.25) is 4.79 Å². The Morgan fingerprint density at radius 1 is 1.37 bits per heavy atom. The summed E-state index contributed by atoms with van der Waals surface area (Å²) in [5.74, 6) is -0.00891. The molecule has 3 N–H and O–H groups in total. The lowest BCUT2D eigenvalue weighted by molar-refractivity contribution is -0.131. The molecule has 1 aliphatic heterocycles. The summed E-state index contributed by atoms with van der Waals surface area (Å²) in [4.78, 5) is 13.5. The van der Waals surface area contributed by atoms with Gasteiger partial charge in [0.2, 0.25) is 15.9 Å². The van der Waals surface area contributed by atoms with Crippen LogP contribution in [0.4, 0.5) is 0 Å². The fourth-order valence-corrected chi connectivity index (χ4v) is 3.20. The summed E-state index contributed by atoms with van der Waals surface area (Å²) < 4.78 is 25.8. The predicted octanol–water partition coefficient (Wildman–Crippen LogP) is -0.0170. The zero-order chi connectivity index (χ0) is 14.5. The first-order valence-electron chi connectivity index (χ1n) is 6.40. The number of nitrogens with two attached hydrogens (primary N) is 1. The van der Waals surface area contributed by atoms with Crippen molar-refractivity contribution in [3.63, 3.8) is 0 Å². The lowest BCUT2D eigenvalue weighted by Crippen LogP contribution is -2.42. The zero-order valence-electron chi connectivity index (χ0n) is 11.1. The molecule has 1 aliphatic rings. The summed E-state index contributed by atoms with van der Waals surface area (Å²) in [6, 6.07) is 0. The Labute approximate surface area is 119 Å². The Bertz CT molecular complexity index is 430. The molecule has 8 heteroatoms. The van der Waals surface area contributed by atoms with Gasteiger partial charge in [0.1, 0.15) is 5.25 Å². The first-order valence-corrected chi connectivity index (χ1v) is 8.35. The largest absolute Gasteiger partial charge is 0.392 e. The minimum absolute atomic E-state index is 0.00891. The van der Waals surface area contributed by atoms with Gasteiger partial charge in [0.15, 0.2) is 0 Å². The number of hydrogen-bond donors (Lipinski definition) is 2. The number of amides is 1. The molecular formula is C11H21N3O3S2. The van der Waals surface area contributed by atoms with Crippen LogP contribution in [0.2, 0.25) is 0 Å². The number of thiocarbonyl (C=S) groups is 1.